The molecule has 5 heteroatoms. The maximum atomic E-state index is 10.9. The smallest absolute Gasteiger partial charge is 0.149 e. The predicted molar refractivity (Wildman–Crippen MR) is 159 cm³/mol. The molecular formula is C35H22N4O. The first-order valence-corrected chi connectivity index (χ1v) is 13.0. The van der Waals surface area contributed by atoms with Crippen molar-refractivity contribution in [3.8, 4) is 51.3 Å². The van der Waals surface area contributed by atoms with Gasteiger partial charge in [0.1, 0.15) is 11.6 Å². The van der Waals surface area contributed by atoms with Crippen LogP contribution in [0.1, 0.15) is 5.56 Å². The summed E-state index contributed by atoms with van der Waals surface area (Å²) in [6, 6.07) is 41.7. The number of phenolic OH excluding ortho intramolecular Hbond substituents is 1. The van der Waals surface area contributed by atoms with E-state index in [1.807, 2.05) is 84.9 Å². The van der Waals surface area contributed by atoms with Crippen molar-refractivity contribution in [2.75, 3.05) is 0 Å². The molecule has 2 heterocycles. The molecule has 0 aliphatic rings. The second kappa shape index (κ2) is 9.54. The van der Waals surface area contributed by atoms with Crippen LogP contribution in [0.4, 0.5) is 0 Å². The summed E-state index contributed by atoms with van der Waals surface area (Å²) < 4.78 is 2.12. The lowest BCUT2D eigenvalue weighted by Gasteiger charge is -2.13. The second-order valence-electron chi connectivity index (χ2n) is 9.59. The topological polar surface area (TPSA) is 74.7 Å². The standard InChI is InChI=1S/C35H22N4O/c36-22-23-19-25(21-26(20-23)30-14-5-6-18-37-30)28-13-8-16-32-34(28)38-35(29-12-3-4-17-33(29)40)39(32)31-15-7-10-24-9-1-2-11-27(24)31/h1-21,40H. The van der Waals surface area contributed by atoms with Gasteiger partial charge in [0, 0.05) is 22.7 Å². The Balaban J connectivity index is 1.55. The zero-order valence-electron chi connectivity index (χ0n) is 21.4. The first-order valence-electron chi connectivity index (χ1n) is 13.0. The fourth-order valence-corrected chi connectivity index (χ4v) is 5.35. The summed E-state index contributed by atoms with van der Waals surface area (Å²) in [5.41, 5.74) is 7.24. The van der Waals surface area contributed by atoms with Crippen LogP contribution in [0.15, 0.2) is 128 Å². The highest BCUT2D eigenvalue weighted by atomic mass is 16.3. The zero-order valence-corrected chi connectivity index (χ0v) is 21.4. The maximum Gasteiger partial charge on any atom is 0.149 e. The van der Waals surface area contributed by atoms with Crippen LogP contribution >= 0.6 is 0 Å². The van der Waals surface area contributed by atoms with E-state index in [1.54, 1.807) is 12.3 Å². The molecule has 1 N–H and O–H groups in total. The molecule has 0 fully saturated rings. The van der Waals surface area contributed by atoms with Gasteiger partial charge in [0.15, 0.2) is 0 Å². The lowest BCUT2D eigenvalue weighted by Crippen LogP contribution is -1.99. The normalized spacial score (nSPS) is 11.1. The molecule has 2 aromatic heterocycles. The number of para-hydroxylation sites is 2. The molecule has 0 radical (unpaired) electrons. The van der Waals surface area contributed by atoms with Gasteiger partial charge < -0.3 is 5.11 Å². The molecule has 0 saturated carbocycles. The van der Waals surface area contributed by atoms with Crippen LogP contribution in [0.2, 0.25) is 0 Å². The quantitative estimate of drug-likeness (QED) is 0.257. The average molecular weight is 515 g/mol. The van der Waals surface area contributed by atoms with Crippen LogP contribution in [0.5, 0.6) is 5.75 Å². The zero-order chi connectivity index (χ0) is 27.1. The van der Waals surface area contributed by atoms with Crippen molar-refractivity contribution in [2.24, 2.45) is 0 Å². The van der Waals surface area contributed by atoms with E-state index in [1.165, 1.54) is 0 Å². The van der Waals surface area contributed by atoms with Crippen LogP contribution < -0.4 is 0 Å². The van der Waals surface area contributed by atoms with Crippen molar-refractivity contribution in [3.05, 3.63) is 133 Å². The molecular weight excluding hydrogens is 492 g/mol. The monoisotopic (exact) mass is 514 g/mol. The highest BCUT2D eigenvalue weighted by Crippen LogP contribution is 2.39. The Morgan fingerprint density at radius 2 is 1.45 bits per heavy atom. The number of hydrogen-bond acceptors (Lipinski definition) is 4. The van der Waals surface area contributed by atoms with E-state index >= 15 is 0 Å². The van der Waals surface area contributed by atoms with Crippen molar-refractivity contribution >= 4 is 21.8 Å². The number of nitriles is 1. The highest BCUT2D eigenvalue weighted by Gasteiger charge is 2.21. The summed E-state index contributed by atoms with van der Waals surface area (Å²) in [4.78, 5) is 9.67. The van der Waals surface area contributed by atoms with Gasteiger partial charge in [-0.25, -0.2) is 4.98 Å². The Labute approximate surface area is 230 Å². The highest BCUT2D eigenvalue weighted by molar-refractivity contribution is 5.99. The van der Waals surface area contributed by atoms with Gasteiger partial charge in [-0.3, -0.25) is 9.55 Å². The Bertz CT molecular complexity index is 2080. The summed E-state index contributed by atoms with van der Waals surface area (Å²) in [5.74, 6) is 0.794. The minimum absolute atomic E-state index is 0.157. The van der Waals surface area contributed by atoms with Crippen LogP contribution in [0, 0.1) is 11.3 Å². The van der Waals surface area contributed by atoms with Gasteiger partial charge in [0.2, 0.25) is 0 Å². The molecule has 40 heavy (non-hydrogen) atoms. The molecule has 5 aromatic carbocycles. The van der Waals surface area contributed by atoms with Crippen LogP contribution in [-0.2, 0) is 0 Å². The third-order valence-electron chi connectivity index (χ3n) is 7.17. The fraction of sp³-hybridized carbons (Fsp3) is 0. The molecule has 0 amide bonds. The van der Waals surface area contributed by atoms with Crippen molar-refractivity contribution in [1.29, 1.82) is 5.26 Å². The molecule has 0 atom stereocenters. The summed E-state index contributed by atoms with van der Waals surface area (Å²) in [5, 5.41) is 22.9. The van der Waals surface area contributed by atoms with Gasteiger partial charge in [0.25, 0.3) is 0 Å². The number of imidazole rings is 1. The van der Waals surface area contributed by atoms with E-state index in [0.29, 0.717) is 17.0 Å². The number of fused-ring (bicyclic) bond motifs is 2. The molecule has 0 spiro atoms. The number of phenols is 1. The number of aromatic hydroxyl groups is 1. The number of pyridine rings is 1. The van der Waals surface area contributed by atoms with E-state index in [-0.39, 0.29) is 5.75 Å². The molecule has 0 aliphatic heterocycles. The third-order valence-corrected chi connectivity index (χ3v) is 7.17. The van der Waals surface area contributed by atoms with E-state index in [2.05, 4.69) is 46.0 Å². The van der Waals surface area contributed by atoms with E-state index in [4.69, 9.17) is 4.98 Å². The summed E-state index contributed by atoms with van der Waals surface area (Å²) >= 11 is 0. The lowest BCUT2D eigenvalue weighted by molar-refractivity contribution is 0.477. The van der Waals surface area contributed by atoms with Crippen LogP contribution in [0.25, 0.3) is 61.3 Å². The van der Waals surface area contributed by atoms with Gasteiger partial charge in [-0.05, 0) is 65.5 Å². The van der Waals surface area contributed by atoms with Gasteiger partial charge in [-0.2, -0.15) is 5.26 Å². The number of rotatable bonds is 4. The second-order valence-corrected chi connectivity index (χ2v) is 9.59. The molecule has 0 saturated heterocycles. The number of aromatic nitrogens is 3. The Kier molecular flexibility index (Phi) is 5.58. The van der Waals surface area contributed by atoms with Gasteiger partial charge >= 0.3 is 0 Å². The first kappa shape index (κ1) is 23.4. The Morgan fingerprint density at radius 1 is 0.700 bits per heavy atom. The molecule has 0 aliphatic carbocycles. The van der Waals surface area contributed by atoms with Gasteiger partial charge in [-0.15, -0.1) is 0 Å². The molecule has 7 rings (SSSR count). The minimum atomic E-state index is 0.157. The fourth-order valence-electron chi connectivity index (χ4n) is 5.35. The number of nitrogens with zero attached hydrogens (tertiary/aromatic N) is 4. The molecule has 5 nitrogen and oxygen atoms in total. The van der Waals surface area contributed by atoms with Crippen molar-refractivity contribution < 1.29 is 5.11 Å². The summed E-state index contributed by atoms with van der Waals surface area (Å²) in [7, 11) is 0. The van der Waals surface area contributed by atoms with E-state index < -0.39 is 0 Å². The van der Waals surface area contributed by atoms with Gasteiger partial charge in [-0.1, -0.05) is 66.7 Å². The summed E-state index contributed by atoms with van der Waals surface area (Å²) in [6.07, 6.45) is 1.75. The van der Waals surface area contributed by atoms with Gasteiger partial charge in [0.05, 0.1) is 39.6 Å². The Hall–Kier alpha value is -5.73. The van der Waals surface area contributed by atoms with Crippen LogP contribution in [0.3, 0.4) is 0 Å². The lowest BCUT2D eigenvalue weighted by atomic mass is 9.97. The molecule has 0 unspecified atom stereocenters. The number of hydrogen-bond donors (Lipinski definition) is 1. The predicted octanol–water partition coefficient (Wildman–Crippen LogP) is 8.15. The number of benzene rings is 5. The average Bonchev–Trinajstić information content (AvgIpc) is 3.40. The summed E-state index contributed by atoms with van der Waals surface area (Å²) in [6.45, 7) is 0. The molecule has 7 aromatic rings. The third kappa shape index (κ3) is 3.87. The van der Waals surface area contributed by atoms with Crippen molar-refractivity contribution in [1.82, 2.24) is 14.5 Å². The van der Waals surface area contributed by atoms with Crippen molar-refractivity contribution in [3.63, 3.8) is 0 Å². The molecule has 188 valence electrons. The molecule has 0 bridgehead atoms. The Morgan fingerprint density at radius 3 is 2.30 bits per heavy atom. The minimum Gasteiger partial charge on any atom is -0.507 e. The van der Waals surface area contributed by atoms with Crippen molar-refractivity contribution in [2.45, 2.75) is 0 Å². The van der Waals surface area contributed by atoms with Crippen LogP contribution in [-0.4, -0.2) is 19.6 Å². The van der Waals surface area contributed by atoms with E-state index in [9.17, 15) is 10.4 Å². The maximum absolute atomic E-state index is 10.9. The SMILES string of the molecule is N#Cc1cc(-c2ccccn2)cc(-c2cccc3c2nc(-c2ccccc2O)n3-c2cccc3ccccc23)c1. The first-order chi connectivity index (χ1) is 19.7. The largest absolute Gasteiger partial charge is 0.507 e. The van der Waals surface area contributed by atoms with E-state index in [0.717, 1.165) is 49.9 Å².